The standard InChI is InChI=1S/C10H15FO/c1-9(12)10(11)7-5-3-2-4-6-8-10/h5,7H,2-4,6,8H2,1H3/b7-5-. The smallest absolute Gasteiger partial charge is 0.186 e. The Hall–Kier alpha value is -0.660. The molecule has 0 spiro atoms. The molecule has 0 saturated carbocycles. The van der Waals surface area contributed by atoms with Crippen molar-refractivity contribution in [3.8, 4) is 0 Å². The van der Waals surface area contributed by atoms with Gasteiger partial charge in [-0.1, -0.05) is 12.5 Å². The van der Waals surface area contributed by atoms with Crippen molar-refractivity contribution in [2.75, 3.05) is 0 Å². The summed E-state index contributed by atoms with van der Waals surface area (Å²) in [7, 11) is 0. The highest BCUT2D eigenvalue weighted by atomic mass is 19.1. The highest BCUT2D eigenvalue weighted by molar-refractivity contribution is 5.86. The molecular weight excluding hydrogens is 155 g/mol. The number of halogens is 1. The summed E-state index contributed by atoms with van der Waals surface area (Å²) in [5.74, 6) is -0.361. The van der Waals surface area contributed by atoms with E-state index in [4.69, 9.17) is 0 Å². The Morgan fingerprint density at radius 2 is 2.17 bits per heavy atom. The quantitative estimate of drug-likeness (QED) is 0.553. The highest BCUT2D eigenvalue weighted by Gasteiger charge is 2.31. The fourth-order valence-corrected chi connectivity index (χ4v) is 1.47. The SMILES string of the molecule is CC(=O)C1(F)/C=C\CCCCC1. The van der Waals surface area contributed by atoms with E-state index >= 15 is 0 Å². The zero-order valence-corrected chi connectivity index (χ0v) is 7.48. The minimum absolute atomic E-state index is 0.360. The van der Waals surface area contributed by atoms with Gasteiger partial charge in [0, 0.05) is 0 Å². The van der Waals surface area contributed by atoms with E-state index < -0.39 is 5.67 Å². The van der Waals surface area contributed by atoms with Crippen LogP contribution in [0.1, 0.15) is 39.0 Å². The zero-order chi connectivity index (χ0) is 9.03. The summed E-state index contributed by atoms with van der Waals surface area (Å²) in [6.45, 7) is 1.33. The van der Waals surface area contributed by atoms with E-state index in [2.05, 4.69) is 0 Å². The van der Waals surface area contributed by atoms with Crippen LogP contribution < -0.4 is 0 Å². The molecule has 0 bridgehead atoms. The maximum Gasteiger partial charge on any atom is 0.186 e. The van der Waals surface area contributed by atoms with E-state index in [-0.39, 0.29) is 5.78 Å². The summed E-state index contributed by atoms with van der Waals surface area (Å²) in [6.07, 6.45) is 7.46. The van der Waals surface area contributed by atoms with Crippen molar-refractivity contribution in [2.45, 2.75) is 44.7 Å². The molecule has 0 radical (unpaired) electrons. The first-order valence-corrected chi connectivity index (χ1v) is 4.53. The second-order valence-electron chi connectivity index (χ2n) is 3.42. The Labute approximate surface area is 72.7 Å². The number of hydrogen-bond donors (Lipinski definition) is 0. The summed E-state index contributed by atoms with van der Waals surface area (Å²) in [4.78, 5) is 11.0. The van der Waals surface area contributed by atoms with E-state index in [0.717, 1.165) is 25.7 Å². The second-order valence-corrected chi connectivity index (χ2v) is 3.42. The number of ketones is 1. The van der Waals surface area contributed by atoms with E-state index in [1.54, 1.807) is 6.08 Å². The van der Waals surface area contributed by atoms with E-state index in [1.165, 1.54) is 13.0 Å². The van der Waals surface area contributed by atoms with Gasteiger partial charge in [0.1, 0.15) is 0 Å². The van der Waals surface area contributed by atoms with Crippen molar-refractivity contribution in [1.29, 1.82) is 0 Å². The maximum atomic E-state index is 13.7. The Bertz CT molecular complexity index is 198. The molecule has 12 heavy (non-hydrogen) atoms. The monoisotopic (exact) mass is 170 g/mol. The summed E-state index contributed by atoms with van der Waals surface area (Å²) < 4.78 is 13.7. The van der Waals surface area contributed by atoms with Crippen LogP contribution in [0.25, 0.3) is 0 Å². The normalized spacial score (nSPS) is 33.5. The third-order valence-electron chi connectivity index (χ3n) is 2.38. The summed E-state index contributed by atoms with van der Waals surface area (Å²) >= 11 is 0. The van der Waals surface area contributed by atoms with Gasteiger partial charge in [0.25, 0.3) is 0 Å². The van der Waals surface area contributed by atoms with Crippen LogP contribution in [-0.4, -0.2) is 11.5 Å². The van der Waals surface area contributed by atoms with Crippen molar-refractivity contribution in [3.05, 3.63) is 12.2 Å². The van der Waals surface area contributed by atoms with Crippen LogP contribution in [0.15, 0.2) is 12.2 Å². The molecule has 0 fully saturated rings. The number of alkyl halides is 1. The Morgan fingerprint density at radius 1 is 1.42 bits per heavy atom. The van der Waals surface area contributed by atoms with Crippen molar-refractivity contribution in [2.24, 2.45) is 0 Å². The number of carbonyl (C=O) groups is 1. The first-order chi connectivity index (χ1) is 5.65. The second kappa shape index (κ2) is 3.83. The fraction of sp³-hybridized carbons (Fsp3) is 0.700. The van der Waals surface area contributed by atoms with Gasteiger partial charge in [0.2, 0.25) is 0 Å². The molecule has 1 aliphatic rings. The van der Waals surface area contributed by atoms with Gasteiger partial charge in [0.05, 0.1) is 0 Å². The van der Waals surface area contributed by atoms with E-state index in [9.17, 15) is 9.18 Å². The zero-order valence-electron chi connectivity index (χ0n) is 7.48. The van der Waals surface area contributed by atoms with Gasteiger partial charge >= 0.3 is 0 Å². The first-order valence-electron chi connectivity index (χ1n) is 4.53. The summed E-state index contributed by atoms with van der Waals surface area (Å²) in [5.41, 5.74) is -1.67. The van der Waals surface area contributed by atoms with Gasteiger partial charge in [-0.15, -0.1) is 0 Å². The number of hydrogen-bond acceptors (Lipinski definition) is 1. The van der Waals surface area contributed by atoms with Crippen molar-refractivity contribution < 1.29 is 9.18 Å². The van der Waals surface area contributed by atoms with Gasteiger partial charge in [0.15, 0.2) is 11.5 Å². The Balaban J connectivity index is 2.71. The third-order valence-corrected chi connectivity index (χ3v) is 2.38. The van der Waals surface area contributed by atoms with Crippen molar-refractivity contribution in [3.63, 3.8) is 0 Å². The lowest BCUT2D eigenvalue weighted by atomic mass is 9.91. The minimum Gasteiger partial charge on any atom is -0.296 e. The van der Waals surface area contributed by atoms with Gasteiger partial charge in [-0.2, -0.15) is 0 Å². The largest absolute Gasteiger partial charge is 0.296 e. The van der Waals surface area contributed by atoms with Crippen LogP contribution in [0.4, 0.5) is 4.39 Å². The molecule has 2 heteroatoms. The molecule has 0 aromatic heterocycles. The average molecular weight is 170 g/mol. The molecule has 0 aromatic rings. The minimum atomic E-state index is -1.67. The van der Waals surface area contributed by atoms with Crippen LogP contribution in [0.3, 0.4) is 0 Å². The van der Waals surface area contributed by atoms with Crippen LogP contribution in [0.5, 0.6) is 0 Å². The number of carbonyl (C=O) groups excluding carboxylic acids is 1. The lowest BCUT2D eigenvalue weighted by molar-refractivity contribution is -0.126. The molecule has 1 unspecified atom stereocenters. The molecule has 0 aliphatic heterocycles. The summed E-state index contributed by atoms with van der Waals surface area (Å²) in [6, 6.07) is 0. The first kappa shape index (κ1) is 9.43. The van der Waals surface area contributed by atoms with Gasteiger partial charge in [-0.05, 0) is 38.7 Å². The lowest BCUT2D eigenvalue weighted by Crippen LogP contribution is -2.29. The average Bonchev–Trinajstić information content (AvgIpc) is 1.97. The van der Waals surface area contributed by atoms with Gasteiger partial charge in [-0.3, -0.25) is 4.79 Å². The summed E-state index contributed by atoms with van der Waals surface area (Å²) in [5, 5.41) is 0. The van der Waals surface area contributed by atoms with Crippen molar-refractivity contribution in [1.82, 2.24) is 0 Å². The molecule has 1 aliphatic carbocycles. The Morgan fingerprint density at radius 3 is 2.83 bits per heavy atom. The molecular formula is C10H15FO. The van der Waals surface area contributed by atoms with Crippen LogP contribution in [-0.2, 0) is 4.79 Å². The molecule has 0 N–H and O–H groups in total. The number of Topliss-reactive ketones (excluding diaryl/α,β-unsaturated/α-hetero) is 1. The molecule has 0 aromatic carbocycles. The number of rotatable bonds is 1. The number of allylic oxidation sites excluding steroid dienone is 2. The molecule has 1 rings (SSSR count). The highest BCUT2D eigenvalue weighted by Crippen LogP contribution is 2.25. The van der Waals surface area contributed by atoms with E-state index in [1.807, 2.05) is 0 Å². The Kier molecular flexibility index (Phi) is 3.01. The topological polar surface area (TPSA) is 17.1 Å². The molecule has 0 amide bonds. The maximum absolute atomic E-state index is 13.7. The molecule has 1 nitrogen and oxygen atoms in total. The van der Waals surface area contributed by atoms with Crippen LogP contribution in [0.2, 0.25) is 0 Å². The molecule has 1 atom stereocenters. The fourth-order valence-electron chi connectivity index (χ4n) is 1.47. The van der Waals surface area contributed by atoms with E-state index in [0.29, 0.717) is 6.42 Å². The predicted molar refractivity (Wildman–Crippen MR) is 46.7 cm³/mol. The molecule has 0 heterocycles. The predicted octanol–water partition coefficient (Wildman–Crippen LogP) is 2.80. The van der Waals surface area contributed by atoms with Gasteiger partial charge in [-0.25, -0.2) is 4.39 Å². The van der Waals surface area contributed by atoms with Crippen LogP contribution in [0, 0.1) is 0 Å². The molecule has 0 saturated heterocycles. The molecule has 68 valence electrons. The van der Waals surface area contributed by atoms with Gasteiger partial charge < -0.3 is 0 Å². The van der Waals surface area contributed by atoms with Crippen molar-refractivity contribution >= 4 is 5.78 Å². The third kappa shape index (κ3) is 2.16. The lowest BCUT2D eigenvalue weighted by Gasteiger charge is -2.19. The van der Waals surface area contributed by atoms with Crippen LogP contribution >= 0.6 is 0 Å².